The Bertz CT molecular complexity index is 904. The van der Waals surface area contributed by atoms with E-state index in [0.29, 0.717) is 12.1 Å². The number of amides is 1. The van der Waals surface area contributed by atoms with Crippen molar-refractivity contribution in [3.8, 4) is 0 Å². The minimum Gasteiger partial charge on any atom is -0.452 e. The number of rotatable bonds is 8. The van der Waals surface area contributed by atoms with Crippen molar-refractivity contribution < 1.29 is 19.2 Å². The van der Waals surface area contributed by atoms with Crippen LogP contribution in [-0.4, -0.2) is 30.0 Å². The van der Waals surface area contributed by atoms with Gasteiger partial charge in [-0.15, -0.1) is 0 Å². The van der Waals surface area contributed by atoms with Gasteiger partial charge >= 0.3 is 5.97 Å². The molecule has 0 unspecified atom stereocenters. The number of esters is 1. The molecule has 1 N–H and O–H groups in total. The summed E-state index contributed by atoms with van der Waals surface area (Å²) in [7, 11) is 0. The highest BCUT2D eigenvalue weighted by molar-refractivity contribution is 5.89. The molecule has 2 aromatic rings. The van der Waals surface area contributed by atoms with E-state index in [1.165, 1.54) is 29.8 Å². The number of nitro groups is 1. The highest BCUT2D eigenvalue weighted by atomic mass is 16.6. The summed E-state index contributed by atoms with van der Waals surface area (Å²) in [6.07, 6.45) is 4.58. The summed E-state index contributed by atoms with van der Waals surface area (Å²) in [5, 5.41) is 13.6. The maximum atomic E-state index is 12.0. The molecule has 144 valence electrons. The Hall–Kier alpha value is -3.48. The molecule has 0 spiro atoms. The Morgan fingerprint density at radius 1 is 1.14 bits per heavy atom. The fourth-order valence-corrected chi connectivity index (χ4v) is 2.92. The third-order valence-corrected chi connectivity index (χ3v) is 4.70. The second kappa shape index (κ2) is 8.47. The molecule has 3 rings (SSSR count). The van der Waals surface area contributed by atoms with Crippen LogP contribution in [0.5, 0.6) is 0 Å². The summed E-state index contributed by atoms with van der Waals surface area (Å²) in [6, 6.07) is 15.9. The van der Waals surface area contributed by atoms with Gasteiger partial charge in [-0.1, -0.05) is 42.5 Å². The van der Waals surface area contributed by atoms with E-state index in [1.807, 2.05) is 18.2 Å². The highest BCUT2D eigenvalue weighted by Crippen LogP contribution is 2.47. The molecule has 7 heteroatoms. The van der Waals surface area contributed by atoms with Gasteiger partial charge in [0.2, 0.25) is 0 Å². The van der Waals surface area contributed by atoms with Crippen LogP contribution < -0.4 is 5.32 Å². The standard InChI is InChI=1S/C21H20N2O5/c24-19(22-15-21(11-12-21)17-6-2-1-3-7-17)14-28-20(25)10-9-16-5-4-8-18(13-16)23(26)27/h1-10,13H,11-12,14-15H2,(H,22,24)/b10-9+. The summed E-state index contributed by atoms with van der Waals surface area (Å²) in [5.74, 6) is -1.05. The molecule has 0 aromatic heterocycles. The largest absolute Gasteiger partial charge is 0.452 e. The summed E-state index contributed by atoms with van der Waals surface area (Å²) in [5.41, 5.74) is 1.62. The molecule has 0 atom stereocenters. The summed E-state index contributed by atoms with van der Waals surface area (Å²) in [4.78, 5) is 33.9. The first-order valence-corrected chi connectivity index (χ1v) is 8.90. The highest BCUT2D eigenvalue weighted by Gasteiger charge is 2.44. The number of nitrogens with one attached hydrogen (secondary N) is 1. The topological polar surface area (TPSA) is 98.5 Å². The zero-order chi connectivity index (χ0) is 20.0. The third-order valence-electron chi connectivity index (χ3n) is 4.70. The van der Waals surface area contributed by atoms with Gasteiger partial charge in [-0.3, -0.25) is 14.9 Å². The van der Waals surface area contributed by atoms with Crippen molar-refractivity contribution in [2.24, 2.45) is 0 Å². The van der Waals surface area contributed by atoms with E-state index in [0.717, 1.165) is 18.9 Å². The lowest BCUT2D eigenvalue weighted by atomic mass is 9.96. The zero-order valence-corrected chi connectivity index (χ0v) is 15.2. The fraction of sp³-hybridized carbons (Fsp3) is 0.238. The fourth-order valence-electron chi connectivity index (χ4n) is 2.92. The number of carbonyl (C=O) groups is 2. The van der Waals surface area contributed by atoms with Crippen molar-refractivity contribution in [1.82, 2.24) is 5.32 Å². The normalized spacial score (nSPS) is 14.4. The first-order chi connectivity index (χ1) is 13.5. The number of ether oxygens (including phenoxy) is 1. The number of benzene rings is 2. The maximum absolute atomic E-state index is 12.0. The van der Waals surface area contributed by atoms with Gasteiger partial charge in [-0.05, 0) is 30.0 Å². The number of nitrogens with zero attached hydrogens (tertiary/aromatic N) is 1. The van der Waals surface area contributed by atoms with Crippen LogP contribution in [0.3, 0.4) is 0 Å². The summed E-state index contributed by atoms with van der Waals surface area (Å²) < 4.78 is 4.92. The number of hydrogen-bond donors (Lipinski definition) is 1. The molecule has 0 heterocycles. The van der Waals surface area contributed by atoms with E-state index in [4.69, 9.17) is 4.74 Å². The lowest BCUT2D eigenvalue weighted by Gasteiger charge is -2.16. The van der Waals surface area contributed by atoms with Crippen LogP contribution in [-0.2, 0) is 19.7 Å². The molecule has 1 amide bonds. The summed E-state index contributed by atoms with van der Waals surface area (Å²) in [6.45, 7) is 0.139. The average molecular weight is 380 g/mol. The molecule has 28 heavy (non-hydrogen) atoms. The lowest BCUT2D eigenvalue weighted by molar-refractivity contribution is -0.384. The average Bonchev–Trinajstić information content (AvgIpc) is 3.51. The van der Waals surface area contributed by atoms with Crippen molar-refractivity contribution in [3.05, 3.63) is 81.9 Å². The first kappa shape index (κ1) is 19.3. The van der Waals surface area contributed by atoms with Crippen molar-refractivity contribution in [1.29, 1.82) is 0 Å². The van der Waals surface area contributed by atoms with Gasteiger partial charge < -0.3 is 10.1 Å². The molecule has 1 saturated carbocycles. The Morgan fingerprint density at radius 3 is 2.57 bits per heavy atom. The summed E-state index contributed by atoms with van der Waals surface area (Å²) >= 11 is 0. The monoisotopic (exact) mass is 380 g/mol. The molecular formula is C21H20N2O5. The van der Waals surface area contributed by atoms with Crippen LogP contribution in [0.15, 0.2) is 60.7 Å². The zero-order valence-electron chi connectivity index (χ0n) is 15.2. The van der Waals surface area contributed by atoms with Gasteiger partial charge in [0.05, 0.1) is 4.92 Å². The van der Waals surface area contributed by atoms with Gasteiger partial charge in [-0.25, -0.2) is 4.79 Å². The minimum atomic E-state index is -0.689. The molecule has 0 radical (unpaired) electrons. The molecule has 1 fully saturated rings. The van der Waals surface area contributed by atoms with Crippen molar-refractivity contribution in [2.75, 3.05) is 13.2 Å². The Kier molecular flexibility index (Phi) is 5.84. The number of nitro benzene ring substituents is 1. The maximum Gasteiger partial charge on any atom is 0.331 e. The lowest BCUT2D eigenvalue weighted by Crippen LogP contribution is -2.35. The molecule has 0 aliphatic heterocycles. The van der Waals surface area contributed by atoms with Gasteiger partial charge in [0, 0.05) is 30.2 Å². The van der Waals surface area contributed by atoms with Crippen LogP contribution in [0.25, 0.3) is 6.08 Å². The number of non-ortho nitro benzene ring substituents is 1. The predicted octanol–water partition coefficient (Wildman–Crippen LogP) is 3.00. The quantitative estimate of drug-likeness (QED) is 0.328. The number of carbonyl (C=O) groups excluding carboxylic acids is 2. The molecule has 0 bridgehead atoms. The Balaban J connectivity index is 1.44. The minimum absolute atomic E-state index is 0.0111. The van der Waals surface area contributed by atoms with E-state index in [1.54, 1.807) is 6.07 Å². The smallest absolute Gasteiger partial charge is 0.331 e. The Labute approximate surface area is 162 Å². The predicted molar refractivity (Wildman–Crippen MR) is 103 cm³/mol. The van der Waals surface area contributed by atoms with Crippen molar-refractivity contribution in [3.63, 3.8) is 0 Å². The van der Waals surface area contributed by atoms with E-state index in [-0.39, 0.29) is 23.6 Å². The molecule has 1 aliphatic rings. The van der Waals surface area contributed by atoms with Gasteiger partial charge in [-0.2, -0.15) is 0 Å². The van der Waals surface area contributed by atoms with Crippen LogP contribution in [0, 0.1) is 10.1 Å². The van der Waals surface area contributed by atoms with E-state index >= 15 is 0 Å². The first-order valence-electron chi connectivity index (χ1n) is 8.90. The molecule has 2 aromatic carbocycles. The van der Waals surface area contributed by atoms with Crippen LogP contribution in [0.2, 0.25) is 0 Å². The SMILES string of the molecule is O=C(COC(=O)/C=C/c1cccc([N+](=O)[O-])c1)NCC1(c2ccccc2)CC1. The van der Waals surface area contributed by atoms with E-state index in [9.17, 15) is 19.7 Å². The van der Waals surface area contributed by atoms with Crippen LogP contribution in [0.4, 0.5) is 5.69 Å². The second-order valence-electron chi connectivity index (χ2n) is 6.72. The number of hydrogen-bond acceptors (Lipinski definition) is 5. The molecule has 1 aliphatic carbocycles. The van der Waals surface area contributed by atoms with Crippen LogP contribution >= 0.6 is 0 Å². The van der Waals surface area contributed by atoms with Crippen molar-refractivity contribution in [2.45, 2.75) is 18.3 Å². The third kappa shape index (κ3) is 5.03. The Morgan fingerprint density at radius 2 is 1.89 bits per heavy atom. The van der Waals surface area contributed by atoms with Gasteiger partial charge in [0.15, 0.2) is 6.61 Å². The molecule has 0 saturated heterocycles. The van der Waals surface area contributed by atoms with E-state index < -0.39 is 10.9 Å². The van der Waals surface area contributed by atoms with Gasteiger partial charge in [0.1, 0.15) is 0 Å². The van der Waals surface area contributed by atoms with Crippen molar-refractivity contribution >= 4 is 23.6 Å². The van der Waals surface area contributed by atoms with E-state index in [2.05, 4.69) is 17.4 Å². The molecule has 7 nitrogen and oxygen atoms in total. The second-order valence-corrected chi connectivity index (χ2v) is 6.72. The van der Waals surface area contributed by atoms with Crippen LogP contribution in [0.1, 0.15) is 24.0 Å². The van der Waals surface area contributed by atoms with Gasteiger partial charge in [0.25, 0.3) is 11.6 Å². The molecular weight excluding hydrogens is 360 g/mol.